The normalized spacial score (nSPS) is 12.6. The molecule has 3 rings (SSSR count). The van der Waals surface area contributed by atoms with E-state index in [1.54, 1.807) is 24.9 Å². The van der Waals surface area contributed by atoms with Crippen LogP contribution in [0.4, 0.5) is 16.2 Å². The summed E-state index contributed by atoms with van der Waals surface area (Å²) in [5, 5.41) is 0. The molecule has 0 saturated heterocycles. The first-order valence-corrected chi connectivity index (χ1v) is 11.4. The van der Waals surface area contributed by atoms with Crippen LogP contribution in [0.5, 0.6) is 0 Å². The molecule has 2 aromatic carbocycles. The van der Waals surface area contributed by atoms with E-state index in [0.29, 0.717) is 25.1 Å². The van der Waals surface area contributed by atoms with Gasteiger partial charge in [-0.3, -0.25) is 0 Å². The Bertz CT molecular complexity index is 968. The first-order valence-electron chi connectivity index (χ1n) is 9.41. The zero-order valence-electron chi connectivity index (χ0n) is 16.9. The molecular weight excluding hydrogens is 483 g/mol. The second-order valence-electron chi connectivity index (χ2n) is 6.84. The molecule has 0 saturated carbocycles. The van der Waals surface area contributed by atoms with Crippen molar-refractivity contribution in [1.82, 2.24) is 4.90 Å². The van der Waals surface area contributed by atoms with Gasteiger partial charge in [-0.15, -0.1) is 0 Å². The molecule has 1 aliphatic rings. The zero-order chi connectivity index (χ0) is 22.6. The number of hydrogen-bond donors (Lipinski definition) is 0. The Labute approximate surface area is 200 Å². The average molecular weight is 504 g/mol. The van der Waals surface area contributed by atoms with Crippen molar-refractivity contribution in [3.8, 4) is 0 Å². The largest absolute Gasteiger partial charge is 0.465 e. The fourth-order valence-electron chi connectivity index (χ4n) is 3.13. The molecule has 0 radical (unpaired) electrons. The van der Waals surface area contributed by atoms with E-state index in [1.165, 1.54) is 12.0 Å². The second kappa shape index (κ2) is 10.2. The van der Waals surface area contributed by atoms with E-state index in [1.807, 2.05) is 30.3 Å². The SMILES string of the molecule is COC(=O)c1ccc2c(c1)N(CCCN(C)C(=O)OCC(Cl)(Cl)Cl)c1ccccc1S2. The molecule has 0 spiro atoms. The van der Waals surface area contributed by atoms with Crippen molar-refractivity contribution in [3.05, 3.63) is 48.0 Å². The molecular formula is C21H21Cl3N2O4S. The minimum absolute atomic E-state index is 0.318. The van der Waals surface area contributed by atoms with Crippen molar-refractivity contribution in [1.29, 1.82) is 0 Å². The molecule has 0 fully saturated rings. The number of carbonyl (C=O) groups is 2. The van der Waals surface area contributed by atoms with Crippen LogP contribution in [0, 0.1) is 0 Å². The highest BCUT2D eigenvalue weighted by molar-refractivity contribution is 7.99. The Hall–Kier alpha value is -1.80. The Balaban J connectivity index is 1.73. The summed E-state index contributed by atoms with van der Waals surface area (Å²) in [6.07, 6.45) is 0.0922. The van der Waals surface area contributed by atoms with Crippen LogP contribution in [-0.4, -0.2) is 54.6 Å². The molecule has 1 heterocycles. The van der Waals surface area contributed by atoms with Crippen molar-refractivity contribution in [2.24, 2.45) is 0 Å². The van der Waals surface area contributed by atoms with Gasteiger partial charge in [0.1, 0.15) is 6.61 Å². The van der Waals surface area contributed by atoms with Crippen LogP contribution in [0.3, 0.4) is 0 Å². The number of amides is 1. The third kappa shape index (κ3) is 6.13. The van der Waals surface area contributed by atoms with E-state index in [0.717, 1.165) is 21.2 Å². The highest BCUT2D eigenvalue weighted by Gasteiger charge is 2.26. The number of nitrogens with zero attached hydrogens (tertiary/aromatic N) is 2. The number of ether oxygens (including phenoxy) is 2. The summed E-state index contributed by atoms with van der Waals surface area (Å²) in [5.41, 5.74) is 2.45. The van der Waals surface area contributed by atoms with Gasteiger partial charge in [0.25, 0.3) is 0 Å². The average Bonchev–Trinajstić information content (AvgIpc) is 2.75. The third-order valence-corrected chi connectivity index (χ3v) is 6.05. The van der Waals surface area contributed by atoms with Gasteiger partial charge in [0.05, 0.1) is 24.0 Å². The minimum Gasteiger partial charge on any atom is -0.465 e. The number of rotatable bonds is 6. The first-order chi connectivity index (χ1) is 14.7. The monoisotopic (exact) mass is 502 g/mol. The Morgan fingerprint density at radius 2 is 1.81 bits per heavy atom. The van der Waals surface area contributed by atoms with Gasteiger partial charge in [-0.2, -0.15) is 0 Å². The lowest BCUT2D eigenvalue weighted by Gasteiger charge is -2.33. The summed E-state index contributed by atoms with van der Waals surface area (Å²) in [4.78, 5) is 29.9. The van der Waals surface area contributed by atoms with Crippen molar-refractivity contribution < 1.29 is 19.1 Å². The van der Waals surface area contributed by atoms with E-state index >= 15 is 0 Å². The number of benzene rings is 2. The number of hydrogen-bond acceptors (Lipinski definition) is 6. The summed E-state index contributed by atoms with van der Waals surface area (Å²) >= 11 is 18.5. The number of carbonyl (C=O) groups excluding carboxylic acids is 2. The van der Waals surface area contributed by atoms with Gasteiger partial charge in [0.2, 0.25) is 3.79 Å². The lowest BCUT2D eigenvalue weighted by atomic mass is 10.1. The predicted molar refractivity (Wildman–Crippen MR) is 124 cm³/mol. The number of para-hydroxylation sites is 1. The lowest BCUT2D eigenvalue weighted by Crippen LogP contribution is -2.33. The van der Waals surface area contributed by atoms with Gasteiger partial charge in [-0.1, -0.05) is 58.7 Å². The van der Waals surface area contributed by atoms with Gasteiger partial charge in [0.15, 0.2) is 0 Å². The molecule has 0 bridgehead atoms. The summed E-state index contributed by atoms with van der Waals surface area (Å²) in [7, 11) is 2.99. The van der Waals surface area contributed by atoms with Gasteiger partial charge in [-0.25, -0.2) is 9.59 Å². The molecule has 10 heteroatoms. The Morgan fingerprint density at radius 3 is 2.52 bits per heavy atom. The molecule has 0 aliphatic carbocycles. The number of fused-ring (bicyclic) bond motifs is 2. The maximum atomic E-state index is 12.1. The summed E-state index contributed by atoms with van der Waals surface area (Å²) in [6.45, 7) is 0.745. The van der Waals surface area contributed by atoms with Crippen molar-refractivity contribution in [2.75, 3.05) is 38.8 Å². The minimum atomic E-state index is -1.65. The number of halogens is 3. The molecule has 166 valence electrons. The molecule has 0 aromatic heterocycles. The maximum Gasteiger partial charge on any atom is 0.409 e. The van der Waals surface area contributed by atoms with Gasteiger partial charge in [-0.05, 0) is 36.8 Å². The van der Waals surface area contributed by atoms with Crippen LogP contribution in [0.1, 0.15) is 16.8 Å². The molecule has 1 amide bonds. The van der Waals surface area contributed by atoms with E-state index in [4.69, 9.17) is 44.3 Å². The van der Waals surface area contributed by atoms with E-state index in [-0.39, 0.29) is 12.6 Å². The number of esters is 1. The second-order valence-corrected chi connectivity index (χ2v) is 10.4. The Morgan fingerprint density at radius 1 is 1.10 bits per heavy atom. The van der Waals surface area contributed by atoms with Crippen molar-refractivity contribution >= 4 is 70.0 Å². The first kappa shape index (κ1) is 23.9. The molecule has 0 atom stereocenters. The molecule has 31 heavy (non-hydrogen) atoms. The molecule has 1 aliphatic heterocycles. The van der Waals surface area contributed by atoms with Crippen LogP contribution >= 0.6 is 46.6 Å². The maximum absolute atomic E-state index is 12.1. The van der Waals surface area contributed by atoms with Crippen molar-refractivity contribution in [3.63, 3.8) is 0 Å². The number of anilines is 2. The summed E-state index contributed by atoms with van der Waals surface area (Å²) in [6, 6.07) is 13.6. The third-order valence-electron chi connectivity index (χ3n) is 4.59. The van der Waals surface area contributed by atoms with E-state index < -0.39 is 9.89 Å². The van der Waals surface area contributed by atoms with E-state index in [2.05, 4.69) is 11.0 Å². The van der Waals surface area contributed by atoms with Gasteiger partial charge in [0, 0.05) is 29.9 Å². The van der Waals surface area contributed by atoms with Crippen LogP contribution in [0.15, 0.2) is 52.3 Å². The van der Waals surface area contributed by atoms with E-state index in [9.17, 15) is 9.59 Å². The molecule has 0 N–H and O–H groups in total. The molecule has 6 nitrogen and oxygen atoms in total. The van der Waals surface area contributed by atoms with Crippen LogP contribution in [-0.2, 0) is 9.47 Å². The highest BCUT2D eigenvalue weighted by Crippen LogP contribution is 2.48. The van der Waals surface area contributed by atoms with Crippen LogP contribution in [0.25, 0.3) is 0 Å². The topological polar surface area (TPSA) is 59.1 Å². The van der Waals surface area contributed by atoms with Crippen LogP contribution < -0.4 is 4.90 Å². The molecule has 0 unspecified atom stereocenters. The van der Waals surface area contributed by atoms with Crippen LogP contribution in [0.2, 0.25) is 0 Å². The van der Waals surface area contributed by atoms with Gasteiger partial charge < -0.3 is 19.3 Å². The standard InChI is InChI=1S/C21H21Cl3N2O4S/c1-25(20(28)30-13-21(22,23)24)10-5-11-26-15-6-3-4-7-17(15)31-18-9-8-14(12-16(18)26)19(27)29-2/h3-4,6-9,12H,5,10-11,13H2,1-2H3. The number of alkyl halides is 3. The zero-order valence-corrected chi connectivity index (χ0v) is 20.0. The fourth-order valence-corrected chi connectivity index (χ4v) is 4.37. The highest BCUT2D eigenvalue weighted by atomic mass is 35.6. The summed E-state index contributed by atoms with van der Waals surface area (Å²) in [5.74, 6) is -0.386. The summed E-state index contributed by atoms with van der Waals surface area (Å²) < 4.78 is 8.22. The number of methoxy groups -OCH3 is 1. The van der Waals surface area contributed by atoms with Gasteiger partial charge >= 0.3 is 12.1 Å². The lowest BCUT2D eigenvalue weighted by molar-refractivity contribution is 0.0600. The Kier molecular flexibility index (Phi) is 7.86. The van der Waals surface area contributed by atoms with Crippen molar-refractivity contribution in [2.45, 2.75) is 20.0 Å². The predicted octanol–water partition coefficient (Wildman–Crippen LogP) is 5.90. The fraction of sp³-hybridized carbons (Fsp3) is 0.333. The quantitative estimate of drug-likeness (QED) is 0.361. The molecule has 2 aromatic rings. The smallest absolute Gasteiger partial charge is 0.409 e.